The van der Waals surface area contributed by atoms with Crippen LogP contribution < -0.4 is 5.32 Å². The third kappa shape index (κ3) is 4.20. The Morgan fingerprint density at radius 1 is 1.16 bits per heavy atom. The lowest BCUT2D eigenvalue weighted by Gasteiger charge is -2.10. The summed E-state index contributed by atoms with van der Waals surface area (Å²) in [4.78, 5) is 4.08. The van der Waals surface area contributed by atoms with Gasteiger partial charge in [-0.25, -0.2) is 0 Å². The third-order valence-corrected chi connectivity index (χ3v) is 3.02. The number of nitriles is 1. The zero-order valence-corrected chi connectivity index (χ0v) is 10.8. The van der Waals surface area contributed by atoms with Crippen molar-refractivity contribution in [1.82, 2.24) is 10.3 Å². The lowest BCUT2D eigenvalue weighted by atomic mass is 10.0. The molecule has 0 aliphatic heterocycles. The summed E-state index contributed by atoms with van der Waals surface area (Å²) in [6.07, 6.45) is 4.58. The average Bonchev–Trinajstić information content (AvgIpc) is 2.49. The maximum Gasteiger partial charge on any atom is 0.0837 e. The molecule has 2 aromatic rings. The zero-order chi connectivity index (χ0) is 13.3. The van der Waals surface area contributed by atoms with Crippen LogP contribution in [0.1, 0.15) is 17.0 Å². The molecule has 2 rings (SSSR count). The van der Waals surface area contributed by atoms with Crippen LogP contribution in [0.15, 0.2) is 54.9 Å². The summed E-state index contributed by atoms with van der Waals surface area (Å²) < 4.78 is 0. The number of pyridine rings is 1. The van der Waals surface area contributed by atoms with Gasteiger partial charge in [0.1, 0.15) is 0 Å². The molecule has 0 bridgehead atoms. The first kappa shape index (κ1) is 13.3. The Hall–Kier alpha value is -2.18. The van der Waals surface area contributed by atoms with E-state index in [9.17, 15) is 5.26 Å². The molecular formula is C16H17N3. The number of nitrogens with one attached hydrogen (secondary N) is 1. The van der Waals surface area contributed by atoms with Gasteiger partial charge in [-0.05, 0) is 30.2 Å². The van der Waals surface area contributed by atoms with Crippen LogP contribution in [0.2, 0.25) is 0 Å². The van der Waals surface area contributed by atoms with Crippen molar-refractivity contribution in [2.24, 2.45) is 0 Å². The van der Waals surface area contributed by atoms with Crippen molar-refractivity contribution in [2.45, 2.75) is 12.3 Å². The Morgan fingerprint density at radius 2 is 2.00 bits per heavy atom. The van der Waals surface area contributed by atoms with E-state index < -0.39 is 0 Å². The van der Waals surface area contributed by atoms with Crippen molar-refractivity contribution in [3.05, 3.63) is 66.0 Å². The van der Waals surface area contributed by atoms with Crippen molar-refractivity contribution >= 4 is 0 Å². The molecule has 3 heteroatoms. The summed E-state index contributed by atoms with van der Waals surface area (Å²) in [6.45, 7) is 1.54. The minimum atomic E-state index is -0.0879. The maximum atomic E-state index is 9.20. The third-order valence-electron chi connectivity index (χ3n) is 3.02. The number of hydrogen-bond acceptors (Lipinski definition) is 3. The smallest absolute Gasteiger partial charge is 0.0837 e. The molecule has 0 aliphatic carbocycles. The zero-order valence-electron chi connectivity index (χ0n) is 10.8. The summed E-state index contributed by atoms with van der Waals surface area (Å²) in [5.74, 6) is -0.0879. The molecule has 1 unspecified atom stereocenters. The van der Waals surface area contributed by atoms with Gasteiger partial charge < -0.3 is 5.32 Å². The van der Waals surface area contributed by atoms with E-state index >= 15 is 0 Å². The summed E-state index contributed by atoms with van der Waals surface area (Å²) in [6, 6.07) is 16.2. The number of rotatable bonds is 6. The second-order valence-corrected chi connectivity index (χ2v) is 4.41. The van der Waals surface area contributed by atoms with Crippen LogP contribution in [0.4, 0.5) is 0 Å². The highest BCUT2D eigenvalue weighted by atomic mass is 14.9. The van der Waals surface area contributed by atoms with Crippen molar-refractivity contribution in [2.75, 3.05) is 13.1 Å². The summed E-state index contributed by atoms with van der Waals surface area (Å²) in [5.41, 5.74) is 2.28. The van der Waals surface area contributed by atoms with E-state index in [-0.39, 0.29) is 5.92 Å². The monoisotopic (exact) mass is 251 g/mol. The average molecular weight is 251 g/mol. The van der Waals surface area contributed by atoms with Crippen LogP contribution in [0.3, 0.4) is 0 Å². The van der Waals surface area contributed by atoms with E-state index in [2.05, 4.69) is 22.4 Å². The quantitative estimate of drug-likeness (QED) is 0.802. The molecule has 0 saturated carbocycles. The lowest BCUT2D eigenvalue weighted by Crippen LogP contribution is -2.23. The molecule has 1 N–H and O–H groups in total. The van der Waals surface area contributed by atoms with Gasteiger partial charge in [0.25, 0.3) is 0 Å². The van der Waals surface area contributed by atoms with Gasteiger partial charge in [0, 0.05) is 18.9 Å². The van der Waals surface area contributed by atoms with Gasteiger partial charge in [0.2, 0.25) is 0 Å². The van der Waals surface area contributed by atoms with E-state index in [0.29, 0.717) is 6.54 Å². The first-order chi connectivity index (χ1) is 9.40. The van der Waals surface area contributed by atoms with E-state index in [1.54, 1.807) is 6.20 Å². The Morgan fingerprint density at radius 3 is 2.68 bits per heavy atom. The Kier molecular flexibility index (Phi) is 5.09. The topological polar surface area (TPSA) is 48.7 Å². The Bertz CT molecular complexity index is 517. The largest absolute Gasteiger partial charge is 0.315 e. The Labute approximate surface area is 113 Å². The van der Waals surface area contributed by atoms with E-state index in [4.69, 9.17) is 0 Å². The first-order valence-corrected chi connectivity index (χ1v) is 6.44. The van der Waals surface area contributed by atoms with Gasteiger partial charge in [0.15, 0.2) is 0 Å². The van der Waals surface area contributed by atoms with Gasteiger partial charge in [-0.1, -0.05) is 36.4 Å². The molecule has 3 nitrogen and oxygen atoms in total. The van der Waals surface area contributed by atoms with Crippen LogP contribution in [-0.4, -0.2) is 18.1 Å². The highest BCUT2D eigenvalue weighted by Crippen LogP contribution is 2.12. The highest BCUT2D eigenvalue weighted by Gasteiger charge is 2.08. The van der Waals surface area contributed by atoms with Gasteiger partial charge in [-0.15, -0.1) is 0 Å². The minimum Gasteiger partial charge on any atom is -0.315 e. The normalized spacial score (nSPS) is 11.7. The predicted molar refractivity (Wildman–Crippen MR) is 75.6 cm³/mol. The molecule has 0 fully saturated rings. The molecule has 1 aromatic carbocycles. The second kappa shape index (κ2) is 7.30. The summed E-state index contributed by atoms with van der Waals surface area (Å²) in [7, 11) is 0. The molecule has 1 aromatic heterocycles. The molecular weight excluding hydrogens is 234 g/mol. The number of hydrogen-bond donors (Lipinski definition) is 1. The molecule has 0 radical (unpaired) electrons. The number of aromatic nitrogens is 1. The number of nitrogens with zero attached hydrogens (tertiary/aromatic N) is 2. The lowest BCUT2D eigenvalue weighted by molar-refractivity contribution is 0.649. The Balaban J connectivity index is 1.77. The molecule has 19 heavy (non-hydrogen) atoms. The fraction of sp³-hybridized carbons (Fsp3) is 0.250. The fourth-order valence-corrected chi connectivity index (χ4v) is 1.95. The van der Waals surface area contributed by atoms with Crippen LogP contribution in [-0.2, 0) is 6.42 Å². The van der Waals surface area contributed by atoms with E-state index in [1.807, 2.05) is 42.6 Å². The van der Waals surface area contributed by atoms with Crippen LogP contribution in [0.5, 0.6) is 0 Å². The highest BCUT2D eigenvalue weighted by molar-refractivity contribution is 5.25. The molecule has 0 saturated heterocycles. The van der Waals surface area contributed by atoms with E-state index in [1.165, 1.54) is 5.56 Å². The fourth-order valence-electron chi connectivity index (χ4n) is 1.95. The first-order valence-electron chi connectivity index (χ1n) is 6.44. The van der Waals surface area contributed by atoms with Gasteiger partial charge in [0.05, 0.1) is 12.0 Å². The van der Waals surface area contributed by atoms with Crippen LogP contribution in [0.25, 0.3) is 0 Å². The van der Waals surface area contributed by atoms with Crippen LogP contribution in [0, 0.1) is 11.3 Å². The van der Waals surface area contributed by atoms with E-state index in [0.717, 1.165) is 18.5 Å². The van der Waals surface area contributed by atoms with Gasteiger partial charge in [-0.2, -0.15) is 5.26 Å². The molecule has 0 aliphatic rings. The van der Waals surface area contributed by atoms with Crippen molar-refractivity contribution in [3.63, 3.8) is 0 Å². The molecule has 0 spiro atoms. The molecule has 96 valence electrons. The second-order valence-electron chi connectivity index (χ2n) is 4.41. The molecule has 1 heterocycles. The van der Waals surface area contributed by atoms with Crippen LogP contribution >= 0.6 is 0 Å². The standard InChI is InChI=1S/C16H17N3/c17-11-16(15-6-2-1-3-7-15)13-19-10-8-14-5-4-9-18-12-14/h1-7,9,12,16,19H,8,10,13H2. The van der Waals surface area contributed by atoms with Crippen molar-refractivity contribution in [1.29, 1.82) is 5.26 Å². The van der Waals surface area contributed by atoms with Gasteiger partial charge >= 0.3 is 0 Å². The van der Waals surface area contributed by atoms with Gasteiger partial charge in [-0.3, -0.25) is 4.98 Å². The summed E-state index contributed by atoms with van der Waals surface area (Å²) >= 11 is 0. The van der Waals surface area contributed by atoms with Crippen molar-refractivity contribution < 1.29 is 0 Å². The molecule has 1 atom stereocenters. The summed E-state index contributed by atoms with van der Waals surface area (Å²) in [5, 5.41) is 12.5. The SMILES string of the molecule is N#CC(CNCCc1cccnc1)c1ccccc1. The molecule has 0 amide bonds. The maximum absolute atomic E-state index is 9.20. The van der Waals surface area contributed by atoms with Crippen molar-refractivity contribution in [3.8, 4) is 6.07 Å². The predicted octanol–water partition coefficient (Wildman–Crippen LogP) is 2.52. The minimum absolute atomic E-state index is 0.0879. The number of benzene rings is 1.